The largest absolute Gasteiger partial charge is 0.493 e. The van der Waals surface area contributed by atoms with Gasteiger partial charge in [-0.05, 0) is 132 Å². The van der Waals surface area contributed by atoms with Crippen molar-refractivity contribution in [2.24, 2.45) is 0 Å². The molecule has 0 radical (unpaired) electrons. The fourth-order valence-corrected chi connectivity index (χ4v) is 8.02. The van der Waals surface area contributed by atoms with Gasteiger partial charge in [-0.2, -0.15) is 0 Å². The lowest BCUT2D eigenvalue weighted by atomic mass is 10.1. The number of rotatable bonds is 0. The molecule has 0 N–H and O–H groups in total. The van der Waals surface area contributed by atoms with Crippen LogP contribution in [0.15, 0.2) is 109 Å². The quantitative estimate of drug-likeness (QED) is 0.161. The van der Waals surface area contributed by atoms with Crippen molar-refractivity contribution in [3.63, 3.8) is 0 Å². The van der Waals surface area contributed by atoms with Crippen molar-refractivity contribution in [1.29, 1.82) is 0 Å². The van der Waals surface area contributed by atoms with E-state index in [1.165, 1.54) is 21.5 Å². The molecule has 0 spiro atoms. The SMILES string of the molecule is Cc1cc2ccc1OCCCOc1ccc(cc1C)-n1c3ccc4cc3c3cc(ccc31)COCc1ccc3c(c1)c1cc(ccc1n3-2)COC4. The molecule has 252 valence electrons. The Bertz CT molecular complexity index is 2360. The van der Waals surface area contributed by atoms with Gasteiger partial charge in [-0.1, -0.05) is 24.3 Å². The first-order chi connectivity index (χ1) is 25.1. The van der Waals surface area contributed by atoms with E-state index in [4.69, 9.17) is 18.9 Å². The van der Waals surface area contributed by atoms with Crippen molar-refractivity contribution in [1.82, 2.24) is 9.13 Å². The zero-order chi connectivity index (χ0) is 34.1. The monoisotopic (exact) mass is 670 g/mol. The lowest BCUT2D eigenvalue weighted by Gasteiger charge is -2.15. The van der Waals surface area contributed by atoms with E-state index in [0.29, 0.717) is 39.6 Å². The maximum atomic E-state index is 6.43. The molecule has 6 heteroatoms. The average Bonchev–Trinajstić information content (AvgIpc) is 3.63. The molecule has 0 atom stereocenters. The minimum absolute atomic E-state index is 0.522. The van der Waals surface area contributed by atoms with Gasteiger partial charge >= 0.3 is 0 Å². The number of benzene rings is 6. The van der Waals surface area contributed by atoms with Crippen LogP contribution in [0, 0.1) is 13.8 Å². The first-order valence-corrected chi connectivity index (χ1v) is 17.8. The smallest absolute Gasteiger partial charge is 0.122 e. The molecule has 51 heavy (non-hydrogen) atoms. The highest BCUT2D eigenvalue weighted by Crippen LogP contribution is 2.37. The van der Waals surface area contributed by atoms with Crippen LogP contribution >= 0.6 is 0 Å². The van der Waals surface area contributed by atoms with Crippen LogP contribution in [0.5, 0.6) is 11.5 Å². The number of hydrogen-bond acceptors (Lipinski definition) is 4. The highest BCUT2D eigenvalue weighted by Gasteiger charge is 2.18. The van der Waals surface area contributed by atoms with Gasteiger partial charge in [0.1, 0.15) is 11.5 Å². The van der Waals surface area contributed by atoms with E-state index in [1.54, 1.807) is 0 Å². The Balaban J connectivity index is 1.17. The van der Waals surface area contributed by atoms with Crippen molar-refractivity contribution >= 4 is 43.6 Å². The number of nitrogens with zero attached hydrogens (tertiary/aromatic N) is 2. The fraction of sp³-hybridized carbons (Fsp3) is 0.200. The fourth-order valence-electron chi connectivity index (χ4n) is 8.02. The van der Waals surface area contributed by atoms with Gasteiger partial charge in [0, 0.05) is 39.3 Å². The van der Waals surface area contributed by atoms with Crippen molar-refractivity contribution < 1.29 is 18.9 Å². The highest BCUT2D eigenvalue weighted by molar-refractivity contribution is 6.10. The third kappa shape index (κ3) is 5.17. The Morgan fingerprint density at radius 3 is 1.10 bits per heavy atom. The molecule has 0 aliphatic carbocycles. The van der Waals surface area contributed by atoms with E-state index >= 15 is 0 Å². The van der Waals surface area contributed by atoms with Gasteiger partial charge < -0.3 is 28.1 Å². The molecule has 6 nitrogen and oxygen atoms in total. The molecule has 14 aliphatic heterocycles. The van der Waals surface area contributed by atoms with E-state index in [2.05, 4.69) is 132 Å². The van der Waals surface area contributed by atoms with Gasteiger partial charge in [0.15, 0.2) is 0 Å². The molecule has 0 amide bonds. The van der Waals surface area contributed by atoms with Crippen molar-refractivity contribution in [3.05, 3.63) is 143 Å². The maximum Gasteiger partial charge on any atom is 0.122 e. The molecule has 2 aromatic heterocycles. The number of ether oxygens (including phenoxy) is 4. The zero-order valence-electron chi connectivity index (χ0n) is 28.9. The van der Waals surface area contributed by atoms with Crippen LogP contribution in [0.25, 0.3) is 55.0 Å². The number of aryl methyl sites for hydroxylation is 2. The summed E-state index contributed by atoms with van der Waals surface area (Å²) in [7, 11) is 0. The molecule has 0 fully saturated rings. The predicted octanol–water partition coefficient (Wildman–Crippen LogP) is 10.4. The van der Waals surface area contributed by atoms with Crippen molar-refractivity contribution in [3.8, 4) is 22.9 Å². The van der Waals surface area contributed by atoms with Crippen LogP contribution in [-0.4, -0.2) is 22.3 Å². The zero-order valence-corrected chi connectivity index (χ0v) is 28.9. The van der Waals surface area contributed by atoms with Crippen LogP contribution < -0.4 is 9.47 Å². The van der Waals surface area contributed by atoms with E-state index in [9.17, 15) is 0 Å². The third-order valence-electron chi connectivity index (χ3n) is 10.5. The predicted molar refractivity (Wildman–Crippen MR) is 204 cm³/mol. The Morgan fingerprint density at radius 2 is 0.765 bits per heavy atom. The van der Waals surface area contributed by atoms with E-state index < -0.39 is 0 Å². The number of hydrogen-bond donors (Lipinski definition) is 0. The second-order valence-electron chi connectivity index (χ2n) is 14.0. The van der Waals surface area contributed by atoms with Crippen molar-refractivity contribution in [2.75, 3.05) is 13.2 Å². The topological polar surface area (TPSA) is 46.8 Å². The van der Waals surface area contributed by atoms with Gasteiger partial charge in [-0.3, -0.25) is 0 Å². The summed E-state index contributed by atoms with van der Waals surface area (Å²) in [6, 6.07) is 39.9. The van der Waals surface area contributed by atoms with Crippen LogP contribution in [0.1, 0.15) is 39.8 Å². The summed E-state index contributed by atoms with van der Waals surface area (Å²) in [6.07, 6.45) is 0.783. The average molecular weight is 671 g/mol. The van der Waals surface area contributed by atoms with E-state index in [0.717, 1.165) is 84.7 Å². The summed E-state index contributed by atoms with van der Waals surface area (Å²) < 4.78 is 30.1. The molecule has 22 rings (SSSR count). The Kier molecular flexibility index (Phi) is 7.15. The summed E-state index contributed by atoms with van der Waals surface area (Å²) >= 11 is 0. The Labute approximate surface area is 296 Å². The summed E-state index contributed by atoms with van der Waals surface area (Å²) in [4.78, 5) is 0. The summed E-state index contributed by atoms with van der Waals surface area (Å²) in [5.41, 5.74) is 13.6. The molecule has 0 saturated carbocycles. The molecule has 0 saturated heterocycles. The normalized spacial score (nSPS) is 14.9. The molecule has 16 heterocycles. The van der Waals surface area contributed by atoms with Crippen LogP contribution in [0.3, 0.4) is 0 Å². The van der Waals surface area contributed by atoms with E-state index in [-0.39, 0.29) is 0 Å². The van der Waals surface area contributed by atoms with Gasteiger partial charge in [-0.15, -0.1) is 0 Å². The standard InChI is InChI=1S/C45H38N2O4/c1-28-18-34-8-14-44(28)50-16-3-17-51-45-15-9-35(19-29(45)2)47-42-12-6-32-22-38(42)39-23-33(7-13-43(39)47)27-49-25-31-5-11-41-37(21-31)36-20-30(24-48-26-32)4-10-40(36)46(34)41/h4-15,18-23H,3,16-17,24-27H2,1-2H3. The summed E-state index contributed by atoms with van der Waals surface area (Å²) in [5.74, 6) is 1.79. The maximum absolute atomic E-state index is 6.43. The lowest BCUT2D eigenvalue weighted by Crippen LogP contribution is -2.07. The lowest BCUT2D eigenvalue weighted by molar-refractivity contribution is 0.107. The van der Waals surface area contributed by atoms with Gasteiger partial charge in [-0.25, -0.2) is 0 Å². The van der Waals surface area contributed by atoms with E-state index in [1.807, 2.05) is 0 Å². The molecular formula is C45H38N2O4. The van der Waals surface area contributed by atoms with Gasteiger partial charge in [0.05, 0.1) is 61.7 Å². The Hall–Kier alpha value is -5.56. The van der Waals surface area contributed by atoms with Crippen LogP contribution in [-0.2, 0) is 35.9 Å². The molecular weight excluding hydrogens is 633 g/mol. The third-order valence-corrected chi connectivity index (χ3v) is 10.5. The van der Waals surface area contributed by atoms with Gasteiger partial charge in [0.2, 0.25) is 0 Å². The molecule has 8 aromatic rings. The molecule has 0 unspecified atom stereocenters. The molecule has 14 aliphatic rings. The minimum Gasteiger partial charge on any atom is -0.493 e. The van der Waals surface area contributed by atoms with Gasteiger partial charge in [0.25, 0.3) is 0 Å². The second-order valence-corrected chi connectivity index (χ2v) is 14.0. The van der Waals surface area contributed by atoms with Crippen molar-refractivity contribution in [2.45, 2.75) is 46.7 Å². The molecule has 6 aromatic carbocycles. The van der Waals surface area contributed by atoms with Crippen LogP contribution in [0.4, 0.5) is 0 Å². The first kappa shape index (κ1) is 30.3. The van der Waals surface area contributed by atoms with Crippen LogP contribution in [0.2, 0.25) is 0 Å². The minimum atomic E-state index is 0.522. The summed E-state index contributed by atoms with van der Waals surface area (Å²) in [6.45, 7) is 7.48. The first-order valence-electron chi connectivity index (χ1n) is 17.8. The summed E-state index contributed by atoms with van der Waals surface area (Å²) in [5, 5.41) is 4.81. The second kappa shape index (κ2) is 12.0. The number of aromatic nitrogens is 2. The molecule has 18 bridgehead atoms. The Morgan fingerprint density at radius 1 is 0.412 bits per heavy atom. The highest BCUT2D eigenvalue weighted by atomic mass is 16.5.